The molecule has 0 radical (unpaired) electrons. The van der Waals surface area contributed by atoms with Crippen molar-refractivity contribution >= 4 is 23.9 Å². The van der Waals surface area contributed by atoms with Gasteiger partial charge in [0.05, 0.1) is 38.5 Å². The van der Waals surface area contributed by atoms with Crippen molar-refractivity contribution in [3.05, 3.63) is 47.5 Å². The highest BCUT2D eigenvalue weighted by Gasteiger charge is 2.77. The molecule has 46 heavy (non-hydrogen) atoms. The molecule has 11 atom stereocenters. The van der Waals surface area contributed by atoms with E-state index in [1.54, 1.807) is 19.5 Å². The maximum absolute atomic E-state index is 13.4. The number of furan rings is 1. The monoisotopic (exact) mass is 642 g/mol. The smallest absolute Gasteiger partial charge is 0.333 e. The summed E-state index contributed by atoms with van der Waals surface area (Å²) in [5, 5.41) is 11.9. The predicted molar refractivity (Wildman–Crippen MR) is 163 cm³/mol. The van der Waals surface area contributed by atoms with Gasteiger partial charge in [-0.2, -0.15) is 0 Å². The summed E-state index contributed by atoms with van der Waals surface area (Å²) >= 11 is 0. The van der Waals surface area contributed by atoms with Crippen molar-refractivity contribution in [2.75, 3.05) is 13.7 Å². The van der Waals surface area contributed by atoms with E-state index in [4.69, 9.17) is 28.1 Å². The normalized spacial score (nSPS) is 39.8. The first kappa shape index (κ1) is 33.9. The van der Waals surface area contributed by atoms with Crippen LogP contribution in [0.5, 0.6) is 0 Å². The number of hydrogen-bond donors (Lipinski definition) is 1. The van der Waals surface area contributed by atoms with Crippen LogP contribution in [-0.2, 0) is 42.9 Å². The zero-order chi connectivity index (χ0) is 33.9. The fourth-order valence-electron chi connectivity index (χ4n) is 9.80. The average molecular weight is 643 g/mol. The fourth-order valence-corrected chi connectivity index (χ4v) is 9.80. The van der Waals surface area contributed by atoms with E-state index in [1.165, 1.54) is 21.0 Å². The predicted octanol–water partition coefficient (Wildman–Crippen LogP) is 4.43. The van der Waals surface area contributed by atoms with Gasteiger partial charge in [0.15, 0.2) is 0 Å². The molecule has 1 saturated heterocycles. The third-order valence-corrected chi connectivity index (χ3v) is 11.6. The van der Waals surface area contributed by atoms with Gasteiger partial charge in [0, 0.05) is 60.3 Å². The van der Waals surface area contributed by atoms with Gasteiger partial charge in [-0.05, 0) is 43.4 Å². The Morgan fingerprint density at radius 1 is 1.02 bits per heavy atom. The van der Waals surface area contributed by atoms with E-state index in [0.29, 0.717) is 12.0 Å². The van der Waals surface area contributed by atoms with Crippen molar-refractivity contribution in [3.63, 3.8) is 0 Å². The third kappa shape index (κ3) is 5.10. The molecule has 3 fully saturated rings. The Morgan fingerprint density at radius 2 is 1.67 bits per heavy atom. The Kier molecular flexibility index (Phi) is 8.83. The Labute approximate surface area is 269 Å². The maximum atomic E-state index is 13.4. The highest BCUT2D eigenvalue weighted by atomic mass is 16.6. The van der Waals surface area contributed by atoms with Gasteiger partial charge in [-0.1, -0.05) is 32.9 Å². The van der Waals surface area contributed by atoms with Crippen molar-refractivity contribution in [3.8, 4) is 0 Å². The van der Waals surface area contributed by atoms with Crippen LogP contribution in [0.15, 0.2) is 46.3 Å². The lowest BCUT2D eigenvalue weighted by molar-refractivity contribution is -0.260. The Morgan fingerprint density at radius 3 is 2.24 bits per heavy atom. The standard InChI is InChI=1S/C35H46O11/c1-17(2)32(40)46-31-29-30-33(6,16-43-29)25(44-19(4)36)14-26(45-20(5)37)34(30,7)24(13-27(39)41-9)35(31,8)28-18(3)22(12-23(28)38)21-10-11-42-15-21/h10-11,15,22-26,29-31,38H,1,12-14,16H2,2-9H3. The van der Waals surface area contributed by atoms with E-state index in [2.05, 4.69) is 6.58 Å². The average Bonchev–Trinajstić information content (AvgIpc) is 3.70. The van der Waals surface area contributed by atoms with Gasteiger partial charge in [0.25, 0.3) is 0 Å². The molecule has 4 aliphatic rings. The van der Waals surface area contributed by atoms with Crippen molar-refractivity contribution in [1.29, 1.82) is 0 Å². The summed E-state index contributed by atoms with van der Waals surface area (Å²) in [6.45, 7) is 15.9. The molecule has 1 aromatic rings. The van der Waals surface area contributed by atoms with Crippen LogP contribution in [-0.4, -0.2) is 73.2 Å². The topological polar surface area (TPSA) is 148 Å². The largest absolute Gasteiger partial charge is 0.472 e. The van der Waals surface area contributed by atoms with Crippen LogP contribution < -0.4 is 0 Å². The minimum Gasteiger partial charge on any atom is -0.472 e. The highest BCUT2D eigenvalue weighted by Crippen LogP contribution is 2.72. The van der Waals surface area contributed by atoms with Crippen LogP contribution in [0.3, 0.4) is 0 Å². The molecule has 1 aliphatic heterocycles. The number of rotatable bonds is 8. The van der Waals surface area contributed by atoms with Crippen molar-refractivity contribution < 1.29 is 52.4 Å². The van der Waals surface area contributed by atoms with Crippen LogP contribution in [0.2, 0.25) is 0 Å². The second-order valence-electron chi connectivity index (χ2n) is 14.2. The van der Waals surface area contributed by atoms with Crippen molar-refractivity contribution in [2.45, 2.75) is 104 Å². The fraction of sp³-hybridized carbons (Fsp3) is 0.657. The lowest BCUT2D eigenvalue weighted by atomic mass is 9.39. The van der Waals surface area contributed by atoms with Gasteiger partial charge >= 0.3 is 23.9 Å². The second kappa shape index (κ2) is 12.0. The van der Waals surface area contributed by atoms with E-state index >= 15 is 0 Å². The molecule has 11 heteroatoms. The number of methoxy groups -OCH3 is 1. The molecule has 252 valence electrons. The summed E-state index contributed by atoms with van der Waals surface area (Å²) < 4.78 is 35.6. The molecule has 2 saturated carbocycles. The van der Waals surface area contributed by atoms with Gasteiger partial charge < -0.3 is 33.2 Å². The minimum atomic E-state index is -1.23. The first-order valence-corrected chi connectivity index (χ1v) is 15.8. The van der Waals surface area contributed by atoms with Crippen LogP contribution in [0.25, 0.3) is 0 Å². The zero-order valence-electron chi connectivity index (χ0n) is 27.9. The summed E-state index contributed by atoms with van der Waals surface area (Å²) in [6.07, 6.45) is -0.668. The summed E-state index contributed by atoms with van der Waals surface area (Å²) in [5.41, 5.74) is -0.477. The van der Waals surface area contributed by atoms with E-state index in [9.17, 15) is 24.3 Å². The molecule has 0 aromatic carbocycles. The van der Waals surface area contributed by atoms with E-state index in [-0.39, 0.29) is 30.9 Å². The van der Waals surface area contributed by atoms with Gasteiger partial charge in [0.2, 0.25) is 0 Å². The zero-order valence-corrected chi connectivity index (χ0v) is 27.9. The summed E-state index contributed by atoms with van der Waals surface area (Å²) in [6, 6.07) is 1.85. The molecule has 5 rings (SSSR count). The number of carbonyl (C=O) groups is 4. The number of aliphatic hydroxyl groups is 1. The number of carbonyl (C=O) groups excluding carboxylic acids is 4. The molecule has 11 nitrogen and oxygen atoms in total. The molecule has 0 bridgehead atoms. The third-order valence-electron chi connectivity index (χ3n) is 11.6. The van der Waals surface area contributed by atoms with Crippen LogP contribution >= 0.6 is 0 Å². The summed E-state index contributed by atoms with van der Waals surface area (Å²) in [5.74, 6) is -3.59. The molecule has 1 N–H and O–H groups in total. The highest BCUT2D eigenvalue weighted by molar-refractivity contribution is 5.87. The van der Waals surface area contributed by atoms with Gasteiger partial charge in [-0.3, -0.25) is 14.4 Å². The van der Waals surface area contributed by atoms with E-state index in [0.717, 1.165) is 11.1 Å². The number of hydrogen-bond acceptors (Lipinski definition) is 11. The lowest BCUT2D eigenvalue weighted by Crippen LogP contribution is -2.72. The van der Waals surface area contributed by atoms with E-state index < -0.39 is 82.5 Å². The summed E-state index contributed by atoms with van der Waals surface area (Å²) in [4.78, 5) is 51.9. The van der Waals surface area contributed by atoms with Crippen LogP contribution in [0.4, 0.5) is 0 Å². The van der Waals surface area contributed by atoms with E-state index in [1.807, 2.05) is 33.8 Å². The molecule has 0 amide bonds. The SMILES string of the molecule is C=C(C)C(=O)OC1C2OCC3(C)C(OC(C)=O)CC(OC(C)=O)C(C)(C23)C(CC(=O)OC)C1(C)C1=C(C)C(c2ccoc2)CC1O. The quantitative estimate of drug-likeness (QED) is 0.186. The number of aliphatic hydroxyl groups excluding tert-OH is 1. The second-order valence-corrected chi connectivity index (χ2v) is 14.2. The van der Waals surface area contributed by atoms with Crippen LogP contribution in [0, 0.1) is 28.1 Å². The molecule has 3 aliphatic carbocycles. The molecular formula is C35H46O11. The van der Waals surface area contributed by atoms with Crippen LogP contribution in [0.1, 0.15) is 79.2 Å². The van der Waals surface area contributed by atoms with Gasteiger partial charge in [0.1, 0.15) is 18.3 Å². The van der Waals surface area contributed by atoms with Crippen molar-refractivity contribution in [2.24, 2.45) is 28.1 Å². The summed E-state index contributed by atoms with van der Waals surface area (Å²) in [7, 11) is 1.31. The maximum Gasteiger partial charge on any atom is 0.333 e. The molecule has 2 heterocycles. The molecule has 0 spiro atoms. The van der Waals surface area contributed by atoms with Gasteiger partial charge in [-0.15, -0.1) is 0 Å². The minimum absolute atomic E-state index is 0.139. The first-order valence-electron chi connectivity index (χ1n) is 15.8. The van der Waals surface area contributed by atoms with Gasteiger partial charge in [-0.25, -0.2) is 4.79 Å². The molecule has 11 unspecified atom stereocenters. The number of esters is 4. The Balaban J connectivity index is 1.81. The Hall–Kier alpha value is -3.44. The Bertz CT molecular complexity index is 1440. The first-order chi connectivity index (χ1) is 21.5. The molecule has 1 aromatic heterocycles. The molecular weight excluding hydrogens is 596 g/mol. The number of allylic oxidation sites excluding steroid dienone is 1. The lowest BCUT2D eigenvalue weighted by Gasteiger charge is -2.66. The number of ether oxygens (including phenoxy) is 5. The van der Waals surface area contributed by atoms with Crippen molar-refractivity contribution in [1.82, 2.24) is 0 Å².